The zero-order chi connectivity index (χ0) is 35.7. The van der Waals surface area contributed by atoms with Gasteiger partial charge in [-0.1, -0.05) is 163 Å². The molecule has 0 heterocycles. The summed E-state index contributed by atoms with van der Waals surface area (Å²) in [6.45, 7) is 3.91. The first kappa shape index (κ1) is 46.1. The van der Waals surface area contributed by atoms with Crippen LogP contribution in [0.1, 0.15) is 162 Å². The van der Waals surface area contributed by atoms with Gasteiger partial charge in [-0.25, -0.2) is 0 Å². The van der Waals surface area contributed by atoms with Crippen molar-refractivity contribution in [1.29, 1.82) is 0 Å². The van der Waals surface area contributed by atoms with E-state index in [-0.39, 0.29) is 25.2 Å². The second kappa shape index (κ2) is 39.5. The second-order valence-corrected chi connectivity index (χ2v) is 12.7. The van der Waals surface area contributed by atoms with Crippen LogP contribution in [0.25, 0.3) is 0 Å². The molecule has 0 aliphatic rings. The molecule has 0 aliphatic heterocycles. The number of esters is 2. The third kappa shape index (κ3) is 37.7. The largest absolute Gasteiger partial charge is 0.462 e. The van der Waals surface area contributed by atoms with Gasteiger partial charge in [0.15, 0.2) is 6.10 Å². The van der Waals surface area contributed by atoms with Crippen molar-refractivity contribution in [3.8, 4) is 0 Å². The maximum absolute atomic E-state index is 12.2. The van der Waals surface area contributed by atoms with Crippen LogP contribution in [0.4, 0.5) is 0 Å². The van der Waals surface area contributed by atoms with E-state index in [0.29, 0.717) is 12.8 Å². The van der Waals surface area contributed by atoms with Crippen LogP contribution in [0, 0.1) is 0 Å². The summed E-state index contributed by atoms with van der Waals surface area (Å²) in [5.74, 6) is -0.651. The molecule has 0 spiro atoms. The standard InChI is InChI=1S/C44H72O5/c1-3-5-7-9-11-13-15-17-18-19-20-21-22-23-24-25-27-29-31-33-35-37-39-44(47)49-42(40-45)41-48-43(46)38-36-34-32-30-28-26-16-14-12-10-8-6-4-2/h6,8,10-14,16-18,20-21,26,28,42,45H,3-5,7,9,15,19,22-25,27,29-41H2,1-2H3/b8-6+,12-10+,13-11+,16-14+,18-17+,21-20+,28-26+. The molecular formula is C44H72O5. The van der Waals surface area contributed by atoms with Crippen molar-refractivity contribution in [1.82, 2.24) is 0 Å². The highest BCUT2D eigenvalue weighted by molar-refractivity contribution is 5.70. The molecule has 0 aromatic carbocycles. The van der Waals surface area contributed by atoms with Crippen molar-refractivity contribution in [3.05, 3.63) is 85.1 Å². The summed E-state index contributed by atoms with van der Waals surface area (Å²) in [4.78, 5) is 24.2. The van der Waals surface area contributed by atoms with Crippen LogP contribution in [0.5, 0.6) is 0 Å². The third-order valence-electron chi connectivity index (χ3n) is 8.02. The second-order valence-electron chi connectivity index (χ2n) is 12.7. The van der Waals surface area contributed by atoms with E-state index in [1.807, 2.05) is 36.5 Å². The van der Waals surface area contributed by atoms with Crippen molar-refractivity contribution in [2.24, 2.45) is 0 Å². The maximum atomic E-state index is 12.2. The molecule has 0 fully saturated rings. The number of aliphatic hydroxyl groups excluding tert-OH is 1. The van der Waals surface area contributed by atoms with Crippen LogP contribution < -0.4 is 0 Å². The predicted molar refractivity (Wildman–Crippen MR) is 209 cm³/mol. The number of hydrogen-bond donors (Lipinski definition) is 1. The van der Waals surface area contributed by atoms with E-state index in [1.165, 1.54) is 70.6 Å². The number of allylic oxidation sites excluding steroid dienone is 14. The molecule has 5 heteroatoms. The van der Waals surface area contributed by atoms with Gasteiger partial charge in [-0.2, -0.15) is 0 Å². The molecule has 49 heavy (non-hydrogen) atoms. The third-order valence-corrected chi connectivity index (χ3v) is 8.02. The van der Waals surface area contributed by atoms with Crippen molar-refractivity contribution >= 4 is 11.9 Å². The smallest absolute Gasteiger partial charge is 0.306 e. The fraction of sp³-hybridized carbons (Fsp3) is 0.636. The molecule has 0 bridgehead atoms. The lowest BCUT2D eigenvalue weighted by Crippen LogP contribution is -2.28. The van der Waals surface area contributed by atoms with Crippen LogP contribution in [-0.4, -0.2) is 36.4 Å². The molecule has 0 radical (unpaired) electrons. The van der Waals surface area contributed by atoms with Crippen LogP contribution in [0.2, 0.25) is 0 Å². The summed E-state index contributed by atoms with van der Waals surface area (Å²) < 4.78 is 10.6. The number of aliphatic hydroxyl groups is 1. The van der Waals surface area contributed by atoms with Gasteiger partial charge in [-0.15, -0.1) is 0 Å². The summed E-state index contributed by atoms with van der Waals surface area (Å²) >= 11 is 0. The first-order chi connectivity index (χ1) is 24.1. The highest BCUT2D eigenvalue weighted by atomic mass is 16.6. The van der Waals surface area contributed by atoms with E-state index >= 15 is 0 Å². The van der Waals surface area contributed by atoms with E-state index in [9.17, 15) is 14.7 Å². The molecule has 0 saturated heterocycles. The Balaban J connectivity index is 3.63. The van der Waals surface area contributed by atoms with Gasteiger partial charge < -0.3 is 14.6 Å². The average molecular weight is 681 g/mol. The van der Waals surface area contributed by atoms with Crippen LogP contribution in [0.3, 0.4) is 0 Å². The number of carbonyl (C=O) groups excluding carboxylic acids is 2. The Morgan fingerprint density at radius 2 is 0.959 bits per heavy atom. The lowest BCUT2D eigenvalue weighted by Gasteiger charge is -2.15. The zero-order valence-corrected chi connectivity index (χ0v) is 31.4. The minimum atomic E-state index is -0.795. The van der Waals surface area contributed by atoms with Gasteiger partial charge in [0.2, 0.25) is 0 Å². The number of ether oxygens (including phenoxy) is 2. The van der Waals surface area contributed by atoms with E-state index in [1.54, 1.807) is 0 Å². The lowest BCUT2D eigenvalue weighted by molar-refractivity contribution is -0.161. The van der Waals surface area contributed by atoms with E-state index < -0.39 is 6.10 Å². The molecule has 0 amide bonds. The van der Waals surface area contributed by atoms with Gasteiger partial charge in [-0.05, 0) is 70.6 Å². The number of unbranched alkanes of at least 4 members (excludes halogenated alkanes) is 15. The van der Waals surface area contributed by atoms with E-state index in [0.717, 1.165) is 64.2 Å². The molecule has 1 unspecified atom stereocenters. The van der Waals surface area contributed by atoms with Crippen molar-refractivity contribution in [3.63, 3.8) is 0 Å². The highest BCUT2D eigenvalue weighted by Crippen LogP contribution is 2.13. The topological polar surface area (TPSA) is 72.8 Å². The first-order valence-electron chi connectivity index (χ1n) is 19.7. The summed E-state index contributed by atoms with van der Waals surface area (Å²) in [6.07, 6.45) is 53.6. The maximum Gasteiger partial charge on any atom is 0.306 e. The lowest BCUT2D eigenvalue weighted by atomic mass is 10.1. The average Bonchev–Trinajstić information content (AvgIpc) is 3.10. The molecule has 0 saturated carbocycles. The van der Waals surface area contributed by atoms with Gasteiger partial charge in [0, 0.05) is 12.8 Å². The SMILES string of the molecule is CC/C=C/C=C/C=C/C=C/CCCCCC(=O)OCC(CO)OC(=O)CCCCCCCCCCC/C=C/C/C=C/C/C=C/CCCCC. The van der Waals surface area contributed by atoms with Gasteiger partial charge >= 0.3 is 11.9 Å². The Morgan fingerprint density at radius 1 is 0.510 bits per heavy atom. The van der Waals surface area contributed by atoms with Crippen LogP contribution in [0.15, 0.2) is 85.1 Å². The minimum absolute atomic E-state index is 0.0934. The molecule has 0 rings (SSSR count). The van der Waals surface area contributed by atoms with E-state index in [2.05, 4.69) is 62.5 Å². The molecule has 0 aromatic rings. The van der Waals surface area contributed by atoms with Crippen molar-refractivity contribution in [2.45, 2.75) is 168 Å². The Hall–Kier alpha value is -2.92. The van der Waals surface area contributed by atoms with Crippen molar-refractivity contribution in [2.75, 3.05) is 13.2 Å². The van der Waals surface area contributed by atoms with Gasteiger partial charge in [0.05, 0.1) is 6.61 Å². The normalized spacial score (nSPS) is 13.1. The predicted octanol–water partition coefficient (Wildman–Crippen LogP) is 12.3. The monoisotopic (exact) mass is 681 g/mol. The summed E-state index contributed by atoms with van der Waals surface area (Å²) in [5, 5.41) is 9.54. The number of rotatable bonds is 34. The fourth-order valence-electron chi connectivity index (χ4n) is 5.04. The first-order valence-corrected chi connectivity index (χ1v) is 19.7. The molecule has 278 valence electrons. The summed E-state index contributed by atoms with van der Waals surface area (Å²) in [5.41, 5.74) is 0. The molecular weight excluding hydrogens is 608 g/mol. The molecule has 1 N–H and O–H groups in total. The molecule has 0 aromatic heterocycles. The summed E-state index contributed by atoms with van der Waals surface area (Å²) in [6, 6.07) is 0. The van der Waals surface area contributed by atoms with E-state index in [4.69, 9.17) is 9.47 Å². The Labute approximate surface area is 301 Å². The highest BCUT2D eigenvalue weighted by Gasteiger charge is 2.16. The van der Waals surface area contributed by atoms with Gasteiger partial charge in [-0.3, -0.25) is 9.59 Å². The van der Waals surface area contributed by atoms with Gasteiger partial charge in [0.25, 0.3) is 0 Å². The van der Waals surface area contributed by atoms with Crippen LogP contribution in [-0.2, 0) is 19.1 Å². The quantitative estimate of drug-likeness (QED) is 0.0317. The number of hydrogen-bond acceptors (Lipinski definition) is 5. The molecule has 0 aliphatic carbocycles. The molecule has 5 nitrogen and oxygen atoms in total. The van der Waals surface area contributed by atoms with Gasteiger partial charge in [0.1, 0.15) is 6.61 Å². The number of carbonyl (C=O) groups is 2. The zero-order valence-electron chi connectivity index (χ0n) is 31.4. The Morgan fingerprint density at radius 3 is 1.53 bits per heavy atom. The van der Waals surface area contributed by atoms with Crippen molar-refractivity contribution < 1.29 is 24.2 Å². The fourth-order valence-corrected chi connectivity index (χ4v) is 5.04. The summed E-state index contributed by atoms with van der Waals surface area (Å²) in [7, 11) is 0. The van der Waals surface area contributed by atoms with Crippen LogP contribution >= 0.6 is 0 Å². The Bertz CT molecular complexity index is 952. The molecule has 1 atom stereocenters. The minimum Gasteiger partial charge on any atom is -0.462 e. The Kier molecular flexibility index (Phi) is 37.2.